The second-order valence-electron chi connectivity index (χ2n) is 28.8. The molecule has 12 aromatic heterocycles. The molecule has 0 aliphatic rings. The number of nitriles is 1. The lowest BCUT2D eigenvalue weighted by Crippen LogP contribution is -2.25. The van der Waals surface area contributed by atoms with E-state index in [1.807, 2.05) is 234 Å². The van der Waals surface area contributed by atoms with E-state index >= 15 is 0 Å². The number of H-pyrrole nitrogens is 4. The van der Waals surface area contributed by atoms with Gasteiger partial charge in [0.05, 0.1) is 97.9 Å². The minimum atomic E-state index is -0.448. The Balaban J connectivity index is 0.000000117. The van der Waals surface area contributed by atoms with Crippen molar-refractivity contribution in [3.63, 3.8) is 0 Å². The Labute approximate surface area is 728 Å². The normalized spacial score (nSPS) is 12.3. The number of aromatic nitrogens is 16. The number of nitrogens with one attached hydrogen (secondary N) is 8. The maximum atomic E-state index is 14.3. The summed E-state index contributed by atoms with van der Waals surface area (Å²) in [6.07, 6.45) is 12.1. The van der Waals surface area contributed by atoms with Crippen molar-refractivity contribution >= 4 is 168 Å². The number of anilines is 4. The fourth-order valence-electron chi connectivity index (χ4n) is 15.3. The number of halogens is 6. The van der Waals surface area contributed by atoms with Gasteiger partial charge in [0.15, 0.2) is 5.82 Å². The van der Waals surface area contributed by atoms with Gasteiger partial charge in [-0.2, -0.15) is 5.26 Å². The van der Waals surface area contributed by atoms with Crippen molar-refractivity contribution < 1.29 is 4.39 Å². The fourth-order valence-corrected chi connectivity index (χ4v) is 16.6. The predicted octanol–water partition coefficient (Wildman–Crippen LogP) is 21.0. The summed E-state index contributed by atoms with van der Waals surface area (Å²) in [4.78, 5) is 100. The van der Waals surface area contributed by atoms with E-state index in [0.29, 0.717) is 115 Å². The summed E-state index contributed by atoms with van der Waals surface area (Å²) < 4.78 is 21.0. The van der Waals surface area contributed by atoms with Gasteiger partial charge in [0, 0.05) is 70.3 Å². The zero-order valence-corrected chi connectivity index (χ0v) is 69.8. The zero-order valence-electron chi connectivity index (χ0n) is 66.0. The van der Waals surface area contributed by atoms with Crippen LogP contribution in [0, 0.1) is 17.1 Å². The van der Waals surface area contributed by atoms with Crippen LogP contribution in [0.4, 0.5) is 27.7 Å². The third kappa shape index (κ3) is 15.8. The van der Waals surface area contributed by atoms with Crippen LogP contribution in [0.3, 0.4) is 0 Å². The summed E-state index contributed by atoms with van der Waals surface area (Å²) in [5, 5.41) is 32.6. The van der Waals surface area contributed by atoms with E-state index in [-0.39, 0.29) is 51.8 Å². The molecule has 31 heteroatoms. The lowest BCUT2D eigenvalue weighted by atomic mass is 10.1. The van der Waals surface area contributed by atoms with E-state index in [4.69, 9.17) is 58.0 Å². The summed E-state index contributed by atoms with van der Waals surface area (Å²) >= 11 is 31.9. The lowest BCUT2D eigenvalue weighted by molar-refractivity contribution is 0.639. The molecule has 12 heterocycles. The zero-order chi connectivity index (χ0) is 86.0. The van der Waals surface area contributed by atoms with Gasteiger partial charge >= 0.3 is 0 Å². The maximum absolute atomic E-state index is 14.3. The second kappa shape index (κ2) is 35.1. The molecule has 25 nitrogen and oxygen atoms in total. The summed E-state index contributed by atoms with van der Waals surface area (Å²) in [5.41, 5.74) is 8.03. The third-order valence-electron chi connectivity index (χ3n) is 21.1. The smallest absolute Gasteiger partial charge is 0.264 e. The van der Waals surface area contributed by atoms with E-state index in [1.54, 1.807) is 54.9 Å². The molecule has 0 amide bonds. The first-order valence-corrected chi connectivity index (χ1v) is 40.8. The van der Waals surface area contributed by atoms with Crippen LogP contribution in [0.5, 0.6) is 0 Å². The van der Waals surface area contributed by atoms with Crippen LogP contribution in [-0.2, 0) is 0 Å². The number of benzene rings is 8. The van der Waals surface area contributed by atoms with Crippen molar-refractivity contribution in [3.8, 4) is 28.8 Å². The number of para-hydroxylation sites is 4. The number of pyridine rings is 4. The van der Waals surface area contributed by atoms with Crippen molar-refractivity contribution in [2.75, 3.05) is 21.3 Å². The summed E-state index contributed by atoms with van der Waals surface area (Å²) in [7, 11) is 0. The molecule has 8 aromatic carbocycles. The molecular weight excluding hydrogens is 1670 g/mol. The van der Waals surface area contributed by atoms with Gasteiger partial charge < -0.3 is 41.2 Å². The van der Waals surface area contributed by atoms with Gasteiger partial charge in [-0.25, -0.2) is 44.3 Å². The van der Waals surface area contributed by atoms with Crippen LogP contribution in [0.15, 0.2) is 294 Å². The Morgan fingerprint density at radius 1 is 0.331 bits per heavy atom. The topological polar surface area (TPSA) is 326 Å². The van der Waals surface area contributed by atoms with E-state index in [0.717, 1.165) is 66.7 Å². The number of fused-ring (bicyclic) bond motifs is 8. The average Bonchev–Trinajstić information content (AvgIpc) is 0.924. The predicted molar refractivity (Wildman–Crippen MR) is 492 cm³/mol. The van der Waals surface area contributed by atoms with E-state index in [1.165, 1.54) is 31.5 Å². The van der Waals surface area contributed by atoms with Gasteiger partial charge in [-0.1, -0.05) is 179 Å². The van der Waals surface area contributed by atoms with E-state index < -0.39 is 5.82 Å². The summed E-state index contributed by atoms with van der Waals surface area (Å²) in [6, 6.07) is 70.3. The Kier molecular flexibility index (Phi) is 23.1. The minimum Gasteiger partial charge on any atom is -0.361 e. The first-order valence-electron chi connectivity index (χ1n) is 38.9. The fraction of sp³-hybridized carbons (Fsp3) is 0.0860. The third-order valence-corrected chi connectivity index (χ3v) is 22.7. The lowest BCUT2D eigenvalue weighted by Gasteiger charge is -2.22. The van der Waals surface area contributed by atoms with Crippen LogP contribution in [0.25, 0.3) is 110 Å². The molecule has 0 fully saturated rings. The molecule has 0 saturated carbocycles. The highest BCUT2D eigenvalue weighted by molar-refractivity contribution is 6.37. The maximum Gasteiger partial charge on any atom is 0.264 e. The highest BCUT2D eigenvalue weighted by Crippen LogP contribution is 2.37. The number of hydrogen-bond donors (Lipinski definition) is 8. The van der Waals surface area contributed by atoms with Gasteiger partial charge in [0.1, 0.15) is 77.2 Å². The first-order chi connectivity index (χ1) is 60.3. The second-order valence-corrected chi connectivity index (χ2v) is 30.9. The van der Waals surface area contributed by atoms with Gasteiger partial charge in [0.2, 0.25) is 0 Å². The molecule has 4 atom stereocenters. The number of rotatable bonds is 16. The highest BCUT2D eigenvalue weighted by Gasteiger charge is 2.26. The summed E-state index contributed by atoms with van der Waals surface area (Å²) in [5.74, 6) is 1.69. The van der Waals surface area contributed by atoms with Crippen molar-refractivity contribution in [2.24, 2.45) is 0 Å². The van der Waals surface area contributed by atoms with E-state index in [9.17, 15) is 28.8 Å². The highest BCUT2D eigenvalue weighted by atomic mass is 35.5. The SMILES string of the molecule is C[C@H](Nc1ncnc2[nH]cc(C#N)c12)c1cc2cccc(Cl)c2c(=O)n1-c1ccccc1.C[C@H](Nc1ncnc2[nH]cc(Cl)c12)c1cc2cccc(Cl)c2c(=O)n1-c1ccccc1.C[C@H](Nc1ncnc2[nH]cc(F)c12)c1cc2cccc(Cl)c2c(=O)n1-c1ccccc1.C[C@H](Nc1ncnc2[nH]ccc12)c1cc2cccc(Cl)c2c(=O)n1-c1ccccc1. The Hall–Kier alpha value is -14.9. The Morgan fingerprint density at radius 3 is 1.01 bits per heavy atom. The quantitative estimate of drug-likeness (QED) is 0.0445. The minimum absolute atomic E-state index is 0.151. The summed E-state index contributed by atoms with van der Waals surface area (Å²) in [6.45, 7) is 7.81. The number of aromatic amines is 4. The monoisotopic (exact) mass is 1740 g/mol. The molecule has 20 aromatic rings. The van der Waals surface area contributed by atoms with E-state index in [2.05, 4.69) is 87.1 Å². The van der Waals surface area contributed by atoms with Crippen LogP contribution in [0.2, 0.25) is 25.1 Å². The number of hydrogen-bond acceptors (Lipinski definition) is 17. The van der Waals surface area contributed by atoms with Gasteiger partial charge in [-0.15, -0.1) is 0 Å². The molecule has 612 valence electrons. The molecule has 0 saturated heterocycles. The Bertz CT molecular complexity index is 7550. The number of nitrogens with zero attached hydrogens (tertiary/aromatic N) is 13. The van der Waals surface area contributed by atoms with Crippen molar-refractivity contribution in [1.29, 1.82) is 5.26 Å². The van der Waals surface area contributed by atoms with Crippen LogP contribution in [0.1, 0.15) is 80.2 Å². The molecule has 0 aliphatic heterocycles. The van der Waals surface area contributed by atoms with Crippen LogP contribution in [-0.4, -0.2) is 78.1 Å². The molecule has 0 spiro atoms. The molecule has 0 bridgehead atoms. The average molecular weight is 1740 g/mol. The Morgan fingerprint density at radius 2 is 0.637 bits per heavy atom. The van der Waals surface area contributed by atoms with Crippen molar-refractivity contribution in [1.82, 2.24) is 78.1 Å². The van der Waals surface area contributed by atoms with Gasteiger partial charge in [-0.3, -0.25) is 37.4 Å². The standard InChI is InChI=1S/C24H17ClN6O.C23H17Cl2N5O.C23H17ClFN5O.C23H18ClN5O/c1-14(30-23-21-16(11-26)12-27-22(21)28-13-29-23)19-10-15-6-5-9-18(25)20(15)24(32)31(19)17-7-3-2-4-8-17;2*1-13(29-22-20-17(25)11-26-21(20)27-12-28-22)18-10-14-6-5-9-16(24)19(14)23(31)30(18)15-7-3-2-4-8-15;1-14(28-22-17-10-11-25-21(17)26-13-27-22)19-12-15-6-5-9-18(24)20(15)23(30)29(19)16-7-3-2-4-8-16/h2-10,12-14H,1H3,(H2,27,28,29,30);2*2-13H,1H3,(H2,26,27,28,29);2-14H,1H3,(H2,25,26,27,28)/t14-;2*13-;14-/m0000/s1. The molecule has 8 N–H and O–H groups in total. The van der Waals surface area contributed by atoms with Gasteiger partial charge in [0.25, 0.3) is 22.2 Å². The van der Waals surface area contributed by atoms with Crippen LogP contribution >= 0.6 is 58.0 Å². The molecule has 0 radical (unpaired) electrons. The molecular formula is C93H69Cl5FN21O4. The molecule has 0 aliphatic carbocycles. The van der Waals surface area contributed by atoms with Crippen molar-refractivity contribution in [3.05, 3.63) is 375 Å². The largest absolute Gasteiger partial charge is 0.361 e. The molecule has 124 heavy (non-hydrogen) atoms. The molecule has 20 rings (SSSR count). The van der Waals surface area contributed by atoms with Crippen molar-refractivity contribution in [2.45, 2.75) is 51.9 Å². The molecule has 0 unspecified atom stereocenters. The van der Waals surface area contributed by atoms with Crippen LogP contribution < -0.4 is 43.5 Å². The van der Waals surface area contributed by atoms with Gasteiger partial charge in [-0.05, 0) is 152 Å². The first kappa shape index (κ1) is 81.5.